The lowest BCUT2D eigenvalue weighted by Gasteiger charge is -2.04. The van der Waals surface area contributed by atoms with Gasteiger partial charge in [0.1, 0.15) is 5.00 Å². The lowest BCUT2D eigenvalue weighted by atomic mass is 10.3. The number of thioether (sulfide) groups is 1. The van der Waals surface area contributed by atoms with Crippen LogP contribution in [0.1, 0.15) is 15.2 Å². The van der Waals surface area contributed by atoms with Crippen molar-refractivity contribution in [2.75, 3.05) is 18.2 Å². The Bertz CT molecular complexity index is 868. The SMILES string of the molecule is COC(=O)c1cc(C)sc1NC(=O)CSc1nc2ccccc2s1. The van der Waals surface area contributed by atoms with Gasteiger partial charge >= 0.3 is 5.97 Å². The van der Waals surface area contributed by atoms with E-state index in [0.29, 0.717) is 10.6 Å². The monoisotopic (exact) mass is 378 g/mol. The number of carbonyl (C=O) groups excluding carboxylic acids is 2. The molecule has 1 N–H and O–H groups in total. The summed E-state index contributed by atoms with van der Waals surface area (Å²) in [6.07, 6.45) is 0. The number of aryl methyl sites for hydroxylation is 1. The minimum Gasteiger partial charge on any atom is -0.465 e. The van der Waals surface area contributed by atoms with Crippen molar-refractivity contribution in [3.8, 4) is 0 Å². The van der Waals surface area contributed by atoms with Crippen LogP contribution in [0.15, 0.2) is 34.7 Å². The van der Waals surface area contributed by atoms with E-state index < -0.39 is 5.97 Å². The third-order valence-electron chi connectivity index (χ3n) is 3.11. The number of carbonyl (C=O) groups is 2. The van der Waals surface area contributed by atoms with E-state index in [1.165, 1.54) is 30.2 Å². The highest BCUT2D eigenvalue weighted by Gasteiger charge is 2.17. The Labute approximate surface area is 151 Å². The molecule has 0 fully saturated rings. The first-order valence-corrected chi connectivity index (χ1v) is 9.65. The van der Waals surface area contributed by atoms with E-state index in [2.05, 4.69) is 10.3 Å². The number of anilines is 1. The summed E-state index contributed by atoms with van der Waals surface area (Å²) in [6.45, 7) is 1.88. The first-order valence-electron chi connectivity index (χ1n) is 7.04. The number of rotatable bonds is 5. The number of benzene rings is 1. The minimum atomic E-state index is -0.450. The molecule has 5 nitrogen and oxygen atoms in total. The Morgan fingerprint density at radius 1 is 1.29 bits per heavy atom. The molecule has 0 spiro atoms. The van der Waals surface area contributed by atoms with E-state index in [1.54, 1.807) is 17.4 Å². The molecule has 0 saturated heterocycles. The van der Waals surface area contributed by atoms with Gasteiger partial charge in [-0.1, -0.05) is 23.9 Å². The van der Waals surface area contributed by atoms with Gasteiger partial charge in [0.05, 0.1) is 28.6 Å². The van der Waals surface area contributed by atoms with Crippen molar-refractivity contribution in [1.29, 1.82) is 0 Å². The van der Waals surface area contributed by atoms with E-state index in [9.17, 15) is 9.59 Å². The Kier molecular flexibility index (Phi) is 5.17. The van der Waals surface area contributed by atoms with Crippen molar-refractivity contribution in [2.24, 2.45) is 0 Å². The van der Waals surface area contributed by atoms with Crippen molar-refractivity contribution in [1.82, 2.24) is 4.98 Å². The molecule has 0 aliphatic heterocycles. The number of nitrogens with zero attached hydrogens (tertiary/aromatic N) is 1. The number of nitrogens with one attached hydrogen (secondary N) is 1. The zero-order valence-electron chi connectivity index (χ0n) is 13.0. The number of ether oxygens (including phenoxy) is 1. The topological polar surface area (TPSA) is 68.3 Å². The van der Waals surface area contributed by atoms with Crippen LogP contribution in [0.4, 0.5) is 5.00 Å². The van der Waals surface area contributed by atoms with Crippen LogP contribution in [0.2, 0.25) is 0 Å². The first kappa shape index (κ1) is 16.9. The van der Waals surface area contributed by atoms with Gasteiger partial charge in [-0.25, -0.2) is 9.78 Å². The Balaban J connectivity index is 1.64. The summed E-state index contributed by atoms with van der Waals surface area (Å²) in [5.74, 6) is -0.392. The van der Waals surface area contributed by atoms with Crippen molar-refractivity contribution in [3.63, 3.8) is 0 Å². The second-order valence-corrected chi connectivity index (χ2v) is 8.39. The van der Waals surface area contributed by atoms with Gasteiger partial charge in [0.25, 0.3) is 0 Å². The van der Waals surface area contributed by atoms with Gasteiger partial charge in [0.2, 0.25) is 5.91 Å². The number of hydrogen-bond acceptors (Lipinski definition) is 7. The van der Waals surface area contributed by atoms with E-state index in [1.807, 2.05) is 31.2 Å². The lowest BCUT2D eigenvalue weighted by Crippen LogP contribution is -2.15. The summed E-state index contributed by atoms with van der Waals surface area (Å²) < 4.78 is 6.69. The van der Waals surface area contributed by atoms with Gasteiger partial charge in [-0.3, -0.25) is 4.79 Å². The van der Waals surface area contributed by atoms with Crippen molar-refractivity contribution in [2.45, 2.75) is 11.3 Å². The fourth-order valence-corrected chi connectivity index (χ4v) is 4.86. The van der Waals surface area contributed by atoms with Gasteiger partial charge in [-0.2, -0.15) is 0 Å². The molecule has 1 aromatic carbocycles. The molecule has 2 heterocycles. The standard InChI is InChI=1S/C16H14N2O3S3/c1-9-7-10(15(20)21-2)14(23-9)18-13(19)8-22-16-17-11-5-3-4-6-12(11)24-16/h3-7H,8H2,1-2H3,(H,18,19). The summed E-state index contributed by atoms with van der Waals surface area (Å²) in [5, 5.41) is 3.31. The molecule has 0 aliphatic carbocycles. The first-order chi connectivity index (χ1) is 11.6. The third kappa shape index (κ3) is 3.77. The highest BCUT2D eigenvalue weighted by molar-refractivity contribution is 8.01. The Hall–Kier alpha value is -1.90. The summed E-state index contributed by atoms with van der Waals surface area (Å²) in [7, 11) is 1.32. The van der Waals surface area contributed by atoms with Crippen LogP contribution in [-0.4, -0.2) is 29.7 Å². The number of methoxy groups -OCH3 is 1. The number of para-hydroxylation sites is 1. The van der Waals surface area contributed by atoms with Crippen molar-refractivity contribution < 1.29 is 14.3 Å². The van der Waals surface area contributed by atoms with E-state index in [0.717, 1.165) is 19.4 Å². The lowest BCUT2D eigenvalue weighted by molar-refractivity contribution is -0.113. The maximum Gasteiger partial charge on any atom is 0.340 e. The molecule has 0 saturated carbocycles. The second kappa shape index (κ2) is 7.33. The largest absolute Gasteiger partial charge is 0.465 e. The zero-order chi connectivity index (χ0) is 17.1. The molecule has 8 heteroatoms. The zero-order valence-corrected chi connectivity index (χ0v) is 15.4. The van der Waals surface area contributed by atoms with Crippen LogP contribution in [0.3, 0.4) is 0 Å². The molecule has 1 amide bonds. The van der Waals surface area contributed by atoms with Gasteiger partial charge < -0.3 is 10.1 Å². The molecule has 24 heavy (non-hydrogen) atoms. The van der Waals surface area contributed by atoms with Crippen LogP contribution >= 0.6 is 34.4 Å². The molecule has 0 atom stereocenters. The van der Waals surface area contributed by atoms with E-state index >= 15 is 0 Å². The molecular formula is C16H14N2O3S3. The minimum absolute atomic E-state index is 0.175. The predicted octanol–water partition coefficient (Wildman–Crippen LogP) is 4.18. The van der Waals surface area contributed by atoms with Crippen LogP contribution < -0.4 is 5.32 Å². The number of aromatic nitrogens is 1. The van der Waals surface area contributed by atoms with Gasteiger partial charge in [-0.15, -0.1) is 22.7 Å². The summed E-state index contributed by atoms with van der Waals surface area (Å²) in [5.41, 5.74) is 1.32. The highest BCUT2D eigenvalue weighted by atomic mass is 32.2. The summed E-state index contributed by atoms with van der Waals surface area (Å²) >= 11 is 4.30. The Morgan fingerprint density at radius 2 is 2.08 bits per heavy atom. The number of esters is 1. The summed E-state index contributed by atoms with van der Waals surface area (Å²) in [4.78, 5) is 29.3. The molecule has 124 valence electrons. The quantitative estimate of drug-likeness (QED) is 0.533. The fourth-order valence-electron chi connectivity index (χ4n) is 2.07. The van der Waals surface area contributed by atoms with E-state index in [-0.39, 0.29) is 11.7 Å². The molecule has 3 rings (SSSR count). The molecule has 0 unspecified atom stereocenters. The molecule has 0 aliphatic rings. The van der Waals surface area contributed by atoms with Crippen LogP contribution in [0.5, 0.6) is 0 Å². The maximum absolute atomic E-state index is 12.2. The molecule has 0 bridgehead atoms. The third-order valence-corrected chi connectivity index (χ3v) is 6.26. The van der Waals surface area contributed by atoms with Crippen LogP contribution in [0, 0.1) is 6.92 Å². The number of fused-ring (bicyclic) bond motifs is 1. The number of thiazole rings is 1. The van der Waals surface area contributed by atoms with Crippen molar-refractivity contribution in [3.05, 3.63) is 40.8 Å². The summed E-state index contributed by atoms with van der Waals surface area (Å²) in [6, 6.07) is 9.58. The smallest absolute Gasteiger partial charge is 0.340 e. The molecule has 0 radical (unpaired) electrons. The highest BCUT2D eigenvalue weighted by Crippen LogP contribution is 2.31. The van der Waals surface area contributed by atoms with Gasteiger partial charge in [0, 0.05) is 4.88 Å². The number of amides is 1. The van der Waals surface area contributed by atoms with E-state index in [4.69, 9.17) is 4.74 Å². The second-order valence-electron chi connectivity index (χ2n) is 4.88. The number of hydrogen-bond donors (Lipinski definition) is 1. The van der Waals surface area contributed by atoms with Gasteiger partial charge in [-0.05, 0) is 25.1 Å². The molecule has 3 aromatic rings. The average molecular weight is 379 g/mol. The van der Waals surface area contributed by atoms with Crippen molar-refractivity contribution >= 4 is 61.5 Å². The van der Waals surface area contributed by atoms with Crippen LogP contribution in [0.25, 0.3) is 10.2 Å². The maximum atomic E-state index is 12.2. The molecular weight excluding hydrogens is 364 g/mol. The van der Waals surface area contributed by atoms with Gasteiger partial charge in [0.15, 0.2) is 4.34 Å². The average Bonchev–Trinajstić information content (AvgIpc) is 3.15. The fraction of sp³-hybridized carbons (Fsp3) is 0.188. The predicted molar refractivity (Wildman–Crippen MR) is 99.4 cm³/mol. The molecule has 2 aromatic heterocycles. The Morgan fingerprint density at radius 3 is 2.83 bits per heavy atom. The van der Waals surface area contributed by atoms with Crippen LogP contribution in [-0.2, 0) is 9.53 Å². The number of thiophene rings is 1. The normalized spacial score (nSPS) is 10.8.